The highest BCUT2D eigenvalue weighted by Gasteiger charge is 2.41. The second kappa shape index (κ2) is 12.7. The molecule has 1 atom stereocenters. The van der Waals surface area contributed by atoms with Crippen molar-refractivity contribution >= 4 is 19.7 Å². The largest absolute Gasteiger partial charge is 0.466 e. The van der Waals surface area contributed by atoms with Crippen LogP contribution in [0.15, 0.2) is 11.0 Å². The lowest BCUT2D eigenvalue weighted by Crippen LogP contribution is -2.40. The van der Waals surface area contributed by atoms with E-state index in [2.05, 4.69) is 24.7 Å². The van der Waals surface area contributed by atoms with E-state index in [-0.39, 0.29) is 43.1 Å². The van der Waals surface area contributed by atoms with Crippen molar-refractivity contribution in [2.24, 2.45) is 5.92 Å². The zero-order valence-corrected chi connectivity index (χ0v) is 23.3. The van der Waals surface area contributed by atoms with Gasteiger partial charge in [0.1, 0.15) is 12.3 Å². The number of alkyl halides is 3. The summed E-state index contributed by atoms with van der Waals surface area (Å²) in [5.74, 6) is -0.291. The number of anilines is 1. The maximum atomic E-state index is 14.1. The molecule has 3 rings (SSSR count). The molecule has 0 bridgehead atoms. The normalized spacial score (nSPS) is 22.9. The Kier molecular flexibility index (Phi) is 10.2. The predicted molar refractivity (Wildman–Crippen MR) is 136 cm³/mol. The number of nitrogens with zero attached hydrogens (tertiary/aromatic N) is 3. The molecule has 0 aromatic carbocycles. The summed E-state index contributed by atoms with van der Waals surface area (Å²) in [4.78, 5) is 26.4. The third-order valence-corrected chi connectivity index (χ3v) is 8.73. The van der Waals surface area contributed by atoms with E-state index in [0.717, 1.165) is 16.9 Å². The van der Waals surface area contributed by atoms with E-state index in [9.17, 15) is 22.8 Å². The Morgan fingerprint density at radius 1 is 1.16 bits per heavy atom. The summed E-state index contributed by atoms with van der Waals surface area (Å²) in [5, 5.41) is 4.02. The number of rotatable bonds is 11. The number of carbonyl (C=O) groups is 1. The lowest BCUT2D eigenvalue weighted by molar-refractivity contribution is -0.150. The first-order valence-electron chi connectivity index (χ1n) is 13.2. The van der Waals surface area contributed by atoms with E-state index < -0.39 is 25.4 Å². The second-order valence-electron chi connectivity index (χ2n) is 11.1. The molecule has 210 valence electrons. The molecule has 1 saturated heterocycles. The molecule has 0 spiro atoms. The average Bonchev–Trinajstić information content (AvgIpc) is 3.28. The molecule has 2 aliphatic rings. The zero-order chi connectivity index (χ0) is 27.2. The second-order valence-corrected chi connectivity index (χ2v) is 16.7. The Hall–Kier alpha value is -1.92. The number of ether oxygens (including phenoxy) is 3. The third kappa shape index (κ3) is 8.28. The Bertz CT molecular complexity index is 958. The molecule has 1 saturated carbocycles. The van der Waals surface area contributed by atoms with Gasteiger partial charge in [-0.3, -0.25) is 9.59 Å². The van der Waals surface area contributed by atoms with Gasteiger partial charge < -0.3 is 19.1 Å². The van der Waals surface area contributed by atoms with Crippen molar-refractivity contribution in [3.05, 3.63) is 22.1 Å². The minimum atomic E-state index is -4.82. The third-order valence-electron chi connectivity index (χ3n) is 7.02. The van der Waals surface area contributed by atoms with Crippen molar-refractivity contribution in [1.29, 1.82) is 0 Å². The van der Waals surface area contributed by atoms with Crippen molar-refractivity contribution in [3.63, 3.8) is 0 Å². The van der Waals surface area contributed by atoms with Crippen LogP contribution < -0.4 is 10.5 Å². The van der Waals surface area contributed by atoms with E-state index in [1.165, 1.54) is 0 Å². The summed E-state index contributed by atoms with van der Waals surface area (Å²) >= 11 is 0. The molecule has 0 amide bonds. The molecular weight excluding hydrogens is 507 g/mol. The van der Waals surface area contributed by atoms with E-state index in [4.69, 9.17) is 14.2 Å². The van der Waals surface area contributed by atoms with Crippen molar-refractivity contribution in [2.45, 2.75) is 96.2 Å². The maximum Gasteiger partial charge on any atom is 0.423 e. The van der Waals surface area contributed by atoms with Crippen LogP contribution in [0.25, 0.3) is 0 Å². The molecule has 37 heavy (non-hydrogen) atoms. The first-order valence-corrected chi connectivity index (χ1v) is 16.9. The Morgan fingerprint density at radius 3 is 2.49 bits per heavy atom. The summed E-state index contributed by atoms with van der Waals surface area (Å²) in [6.45, 7) is 9.36. The fraction of sp³-hybridized carbons (Fsp3) is 0.800. The average molecular weight is 548 g/mol. The highest BCUT2D eigenvalue weighted by Crippen LogP contribution is 2.37. The lowest BCUT2D eigenvalue weighted by Gasteiger charge is -2.32. The van der Waals surface area contributed by atoms with Gasteiger partial charge in [0.15, 0.2) is 0 Å². The fourth-order valence-electron chi connectivity index (χ4n) is 4.88. The van der Waals surface area contributed by atoms with Crippen LogP contribution in [0.3, 0.4) is 0 Å². The summed E-state index contributed by atoms with van der Waals surface area (Å²) < 4.78 is 59.6. The molecule has 1 aliphatic heterocycles. The van der Waals surface area contributed by atoms with E-state index in [1.54, 1.807) is 11.8 Å². The molecule has 1 aromatic rings. The molecule has 0 unspecified atom stereocenters. The molecule has 0 radical (unpaired) electrons. The molecule has 8 nitrogen and oxygen atoms in total. The van der Waals surface area contributed by atoms with Gasteiger partial charge in [0.2, 0.25) is 0 Å². The zero-order valence-electron chi connectivity index (χ0n) is 22.3. The van der Waals surface area contributed by atoms with Crippen LogP contribution in [0, 0.1) is 5.92 Å². The molecule has 1 aromatic heterocycles. The standard InChI is InChI=1S/C25H40F3N3O5Si/c1-5-35-24(33)18-8-10-20(11-9-18)36-16-19-7-6-12-30(19)21-15-29-31(17-34-13-14-37(2,3)4)23(32)22(21)25(26,27)28/h15,18-20H,5-14,16-17H2,1-4H3/t18?,19-,20?/m0/s1. The quantitative estimate of drug-likeness (QED) is 0.226. The highest BCUT2D eigenvalue weighted by atomic mass is 28.3. The summed E-state index contributed by atoms with van der Waals surface area (Å²) in [7, 11) is -1.37. The smallest absolute Gasteiger partial charge is 0.423 e. The van der Waals surface area contributed by atoms with Crippen molar-refractivity contribution in [1.82, 2.24) is 9.78 Å². The number of hydrogen-bond donors (Lipinski definition) is 0. The van der Waals surface area contributed by atoms with Crippen LogP contribution in [0.5, 0.6) is 0 Å². The monoisotopic (exact) mass is 547 g/mol. The van der Waals surface area contributed by atoms with Gasteiger partial charge in [-0.05, 0) is 51.5 Å². The fourth-order valence-corrected chi connectivity index (χ4v) is 5.64. The van der Waals surface area contributed by atoms with Crippen molar-refractivity contribution in [3.8, 4) is 0 Å². The first-order chi connectivity index (χ1) is 17.4. The Balaban J connectivity index is 1.65. The van der Waals surface area contributed by atoms with Crippen LogP contribution in [0.4, 0.5) is 18.9 Å². The van der Waals surface area contributed by atoms with Crippen molar-refractivity contribution < 1.29 is 32.2 Å². The number of aromatic nitrogens is 2. The van der Waals surface area contributed by atoms with Gasteiger partial charge >= 0.3 is 12.1 Å². The summed E-state index contributed by atoms with van der Waals surface area (Å²) in [6.07, 6.45) is 0.399. The molecular formula is C25H40F3N3O5Si. The first kappa shape index (κ1) is 29.6. The lowest BCUT2D eigenvalue weighted by atomic mass is 9.87. The van der Waals surface area contributed by atoms with Gasteiger partial charge in [-0.1, -0.05) is 19.6 Å². The summed E-state index contributed by atoms with van der Waals surface area (Å²) in [6, 6.07) is 0.556. The van der Waals surface area contributed by atoms with Gasteiger partial charge in [0.25, 0.3) is 5.56 Å². The van der Waals surface area contributed by atoms with Gasteiger partial charge in [-0.25, -0.2) is 4.68 Å². The minimum absolute atomic E-state index is 0.0466. The van der Waals surface area contributed by atoms with E-state index >= 15 is 0 Å². The maximum absolute atomic E-state index is 14.1. The van der Waals surface area contributed by atoms with Crippen LogP contribution in [0.2, 0.25) is 25.7 Å². The van der Waals surface area contributed by atoms with Gasteiger partial charge in [-0.2, -0.15) is 18.3 Å². The molecule has 2 heterocycles. The molecule has 12 heteroatoms. The number of esters is 1. The summed E-state index contributed by atoms with van der Waals surface area (Å²) in [5.41, 5.74) is -2.60. The van der Waals surface area contributed by atoms with Crippen LogP contribution in [0.1, 0.15) is 51.0 Å². The predicted octanol–water partition coefficient (Wildman–Crippen LogP) is 4.68. The molecule has 2 fully saturated rings. The topological polar surface area (TPSA) is 82.9 Å². The molecule has 1 aliphatic carbocycles. The Morgan fingerprint density at radius 2 is 1.86 bits per heavy atom. The van der Waals surface area contributed by atoms with Gasteiger partial charge in [0.05, 0.1) is 43.2 Å². The minimum Gasteiger partial charge on any atom is -0.466 e. The van der Waals surface area contributed by atoms with Crippen LogP contribution in [-0.2, 0) is 31.9 Å². The number of carbonyl (C=O) groups excluding carboxylic acids is 1. The van der Waals surface area contributed by atoms with Gasteiger partial charge in [-0.15, -0.1) is 0 Å². The van der Waals surface area contributed by atoms with E-state index in [0.29, 0.717) is 58.3 Å². The molecule has 0 N–H and O–H groups in total. The van der Waals surface area contributed by atoms with Crippen molar-refractivity contribution in [2.75, 3.05) is 31.3 Å². The number of hydrogen-bond acceptors (Lipinski definition) is 7. The van der Waals surface area contributed by atoms with Gasteiger partial charge in [0, 0.05) is 21.2 Å². The SMILES string of the molecule is CCOC(=O)C1CCC(OC[C@@H]2CCCN2c2cnn(COCC[Si](C)(C)C)c(=O)c2C(F)(F)F)CC1. The Labute approximate surface area is 217 Å². The highest BCUT2D eigenvalue weighted by molar-refractivity contribution is 6.76. The number of halogens is 3. The van der Waals surface area contributed by atoms with Crippen LogP contribution >= 0.6 is 0 Å². The van der Waals surface area contributed by atoms with E-state index in [1.807, 2.05) is 0 Å². The van der Waals surface area contributed by atoms with Crippen LogP contribution in [-0.4, -0.2) is 62.3 Å².